The highest BCUT2D eigenvalue weighted by molar-refractivity contribution is 6.83. The third-order valence-corrected chi connectivity index (χ3v) is 2.49. The summed E-state index contributed by atoms with van der Waals surface area (Å²) in [5.74, 6) is 3.72. The van der Waals surface area contributed by atoms with Crippen molar-refractivity contribution in [2.24, 2.45) is 5.92 Å². The van der Waals surface area contributed by atoms with Crippen molar-refractivity contribution in [3.8, 4) is 11.5 Å². The summed E-state index contributed by atoms with van der Waals surface area (Å²) in [5, 5.41) is 0. The van der Waals surface area contributed by atoms with Crippen LogP contribution in [-0.4, -0.2) is 20.8 Å². The maximum absolute atomic E-state index is 5.15. The zero-order valence-electron chi connectivity index (χ0n) is 7.77. The Labute approximate surface area is 70.1 Å². The third kappa shape index (κ3) is 3.59. The molecule has 1 heterocycles. The number of hydrogen-bond acceptors (Lipinski definition) is 1. The molecular formula is C9H16OSi. The lowest BCUT2D eigenvalue weighted by Gasteiger charge is -2.04. The maximum Gasteiger partial charge on any atom is 0.129 e. The maximum atomic E-state index is 5.15. The number of epoxide rings is 1. The summed E-state index contributed by atoms with van der Waals surface area (Å²) in [6, 6.07) is 0. The van der Waals surface area contributed by atoms with E-state index in [0.717, 1.165) is 6.61 Å². The molecule has 0 saturated carbocycles. The van der Waals surface area contributed by atoms with Gasteiger partial charge in [-0.3, -0.25) is 0 Å². The molecular weight excluding hydrogens is 152 g/mol. The third-order valence-electron chi connectivity index (χ3n) is 1.59. The Morgan fingerprint density at radius 1 is 1.45 bits per heavy atom. The predicted molar refractivity (Wildman–Crippen MR) is 50.0 cm³/mol. The zero-order valence-corrected chi connectivity index (χ0v) is 8.77. The molecule has 2 atom stereocenters. The fraction of sp³-hybridized carbons (Fsp3) is 0.778. The Balaban J connectivity index is 2.41. The van der Waals surface area contributed by atoms with E-state index in [1.165, 1.54) is 0 Å². The summed E-state index contributed by atoms with van der Waals surface area (Å²) in [4.78, 5) is 0. The van der Waals surface area contributed by atoms with Gasteiger partial charge in [0.15, 0.2) is 0 Å². The molecule has 0 N–H and O–H groups in total. The summed E-state index contributed by atoms with van der Waals surface area (Å²) in [7, 11) is -1.15. The van der Waals surface area contributed by atoms with Crippen LogP contribution in [0.1, 0.15) is 6.92 Å². The molecule has 0 bridgehead atoms. The van der Waals surface area contributed by atoms with Crippen LogP contribution < -0.4 is 0 Å². The minimum absolute atomic E-state index is 0.443. The Hall–Kier alpha value is -0.263. The highest BCUT2D eigenvalue weighted by atomic mass is 28.3. The van der Waals surface area contributed by atoms with E-state index in [1.807, 2.05) is 0 Å². The molecule has 0 amide bonds. The zero-order chi connectivity index (χ0) is 8.48. The Kier molecular flexibility index (Phi) is 2.41. The van der Waals surface area contributed by atoms with Gasteiger partial charge in [0.2, 0.25) is 0 Å². The van der Waals surface area contributed by atoms with Crippen LogP contribution in [0.3, 0.4) is 0 Å². The second kappa shape index (κ2) is 3.00. The molecule has 11 heavy (non-hydrogen) atoms. The van der Waals surface area contributed by atoms with Crippen molar-refractivity contribution >= 4 is 8.07 Å². The average Bonchev–Trinajstić information content (AvgIpc) is 2.61. The van der Waals surface area contributed by atoms with Crippen LogP contribution in [0.25, 0.3) is 0 Å². The Morgan fingerprint density at radius 3 is 2.36 bits per heavy atom. The second-order valence-corrected chi connectivity index (χ2v) is 8.93. The summed E-state index contributed by atoms with van der Waals surface area (Å²) >= 11 is 0. The van der Waals surface area contributed by atoms with Gasteiger partial charge in [0.1, 0.15) is 8.07 Å². The molecule has 1 rings (SSSR count). The largest absolute Gasteiger partial charge is 0.372 e. The highest BCUT2D eigenvalue weighted by Crippen LogP contribution is 2.18. The molecule has 0 aromatic carbocycles. The molecule has 0 aliphatic carbocycles. The molecule has 0 unspecified atom stereocenters. The second-order valence-electron chi connectivity index (χ2n) is 4.18. The van der Waals surface area contributed by atoms with Gasteiger partial charge in [-0.15, -0.1) is 11.5 Å². The van der Waals surface area contributed by atoms with Gasteiger partial charge >= 0.3 is 0 Å². The van der Waals surface area contributed by atoms with Crippen molar-refractivity contribution in [1.29, 1.82) is 0 Å². The van der Waals surface area contributed by atoms with Gasteiger partial charge in [0.05, 0.1) is 12.7 Å². The summed E-state index contributed by atoms with van der Waals surface area (Å²) in [6.45, 7) is 9.85. The van der Waals surface area contributed by atoms with E-state index in [4.69, 9.17) is 4.74 Å². The Bertz CT molecular complexity index is 190. The van der Waals surface area contributed by atoms with Crippen molar-refractivity contribution in [2.45, 2.75) is 32.7 Å². The predicted octanol–water partition coefficient (Wildman–Crippen LogP) is 1.90. The summed E-state index contributed by atoms with van der Waals surface area (Å²) in [5.41, 5.74) is 3.35. The van der Waals surface area contributed by atoms with E-state index < -0.39 is 8.07 Å². The smallest absolute Gasteiger partial charge is 0.129 e. The first-order valence-electron chi connectivity index (χ1n) is 4.13. The van der Waals surface area contributed by atoms with E-state index in [0.29, 0.717) is 12.0 Å². The number of hydrogen-bond donors (Lipinski definition) is 0. The standard InChI is InChI=1S/C9H16OSi/c1-8(9-7-10-9)5-6-11(2,3)4/h8-9H,7H2,1-4H3/t8-,9-/m1/s1. The number of ether oxygens (including phenoxy) is 1. The molecule has 1 fully saturated rings. The first-order valence-corrected chi connectivity index (χ1v) is 7.63. The van der Waals surface area contributed by atoms with Crippen LogP contribution in [0.2, 0.25) is 19.6 Å². The van der Waals surface area contributed by atoms with Crippen molar-refractivity contribution in [3.63, 3.8) is 0 Å². The molecule has 1 aliphatic rings. The molecule has 1 aliphatic heterocycles. The van der Waals surface area contributed by atoms with Crippen molar-refractivity contribution < 1.29 is 4.74 Å². The van der Waals surface area contributed by atoms with E-state index in [2.05, 4.69) is 38.0 Å². The molecule has 1 nitrogen and oxygen atoms in total. The molecule has 2 heteroatoms. The fourth-order valence-electron chi connectivity index (χ4n) is 0.768. The first kappa shape index (κ1) is 8.83. The molecule has 0 aromatic rings. The molecule has 0 radical (unpaired) electrons. The van der Waals surface area contributed by atoms with Crippen LogP contribution in [0.5, 0.6) is 0 Å². The quantitative estimate of drug-likeness (QED) is 0.331. The van der Waals surface area contributed by atoms with Crippen LogP contribution in [-0.2, 0) is 4.74 Å². The Morgan fingerprint density at radius 2 is 2.00 bits per heavy atom. The fourth-order valence-corrected chi connectivity index (χ4v) is 1.43. The van der Waals surface area contributed by atoms with Crippen LogP contribution in [0.4, 0.5) is 0 Å². The van der Waals surface area contributed by atoms with Crippen molar-refractivity contribution in [3.05, 3.63) is 0 Å². The minimum atomic E-state index is -1.15. The van der Waals surface area contributed by atoms with Gasteiger partial charge in [0.25, 0.3) is 0 Å². The van der Waals surface area contributed by atoms with Crippen molar-refractivity contribution in [2.75, 3.05) is 6.61 Å². The van der Waals surface area contributed by atoms with E-state index >= 15 is 0 Å². The average molecular weight is 168 g/mol. The van der Waals surface area contributed by atoms with Crippen molar-refractivity contribution in [1.82, 2.24) is 0 Å². The lowest BCUT2D eigenvalue weighted by atomic mass is 10.1. The normalized spacial score (nSPS) is 25.3. The summed E-state index contributed by atoms with van der Waals surface area (Å²) in [6.07, 6.45) is 0.443. The van der Waals surface area contributed by atoms with Gasteiger partial charge in [-0.25, -0.2) is 0 Å². The van der Waals surface area contributed by atoms with Crippen LogP contribution >= 0.6 is 0 Å². The van der Waals surface area contributed by atoms with Crippen LogP contribution in [0, 0.1) is 17.4 Å². The summed E-state index contributed by atoms with van der Waals surface area (Å²) < 4.78 is 5.15. The van der Waals surface area contributed by atoms with E-state index in [1.54, 1.807) is 0 Å². The lowest BCUT2D eigenvalue weighted by Crippen LogP contribution is -2.17. The van der Waals surface area contributed by atoms with E-state index in [-0.39, 0.29) is 0 Å². The highest BCUT2D eigenvalue weighted by Gasteiger charge is 2.28. The lowest BCUT2D eigenvalue weighted by molar-refractivity contribution is 0.376. The van der Waals surface area contributed by atoms with Gasteiger partial charge in [0, 0.05) is 5.92 Å². The van der Waals surface area contributed by atoms with Gasteiger partial charge in [-0.2, -0.15) is 0 Å². The monoisotopic (exact) mass is 168 g/mol. The topological polar surface area (TPSA) is 12.5 Å². The minimum Gasteiger partial charge on any atom is -0.372 e. The van der Waals surface area contributed by atoms with Gasteiger partial charge < -0.3 is 4.74 Å². The molecule has 0 aromatic heterocycles. The number of rotatable bonds is 1. The van der Waals surface area contributed by atoms with Gasteiger partial charge in [-0.1, -0.05) is 19.6 Å². The van der Waals surface area contributed by atoms with E-state index in [9.17, 15) is 0 Å². The van der Waals surface area contributed by atoms with Gasteiger partial charge in [-0.05, 0) is 6.92 Å². The molecule has 0 spiro atoms. The van der Waals surface area contributed by atoms with Crippen LogP contribution in [0.15, 0.2) is 0 Å². The molecule has 62 valence electrons. The SMILES string of the molecule is C[C@H](C#C[Si](C)(C)C)[C@H]1CO1. The first-order chi connectivity index (χ1) is 4.99. The molecule has 1 saturated heterocycles.